The fourth-order valence-corrected chi connectivity index (χ4v) is 5.60. The highest BCUT2D eigenvalue weighted by Crippen LogP contribution is 2.24. The quantitative estimate of drug-likeness (QED) is 0.680. The maximum atomic E-state index is 12.8. The van der Waals surface area contributed by atoms with Gasteiger partial charge >= 0.3 is 0 Å². The first kappa shape index (κ1) is 22.8. The van der Waals surface area contributed by atoms with Gasteiger partial charge in [0.25, 0.3) is 0 Å². The van der Waals surface area contributed by atoms with Crippen LogP contribution in [0.1, 0.15) is 48.9 Å². The molecule has 0 spiro atoms. The molecule has 1 N–H and O–H groups in total. The van der Waals surface area contributed by atoms with Crippen molar-refractivity contribution in [2.75, 3.05) is 13.1 Å². The monoisotopic (exact) mass is 448 g/mol. The Morgan fingerprint density at radius 3 is 2.43 bits per heavy atom. The minimum atomic E-state index is -3.43. The number of carbonyl (C=O) groups excluding carboxylic acids is 1. The van der Waals surface area contributed by atoms with Crippen molar-refractivity contribution in [3.8, 4) is 0 Å². The molecule has 0 saturated carbocycles. The molecule has 1 aliphatic heterocycles. The van der Waals surface area contributed by atoms with E-state index in [9.17, 15) is 13.2 Å². The lowest BCUT2D eigenvalue weighted by Gasteiger charge is -2.31. The van der Waals surface area contributed by atoms with E-state index in [1.54, 1.807) is 24.3 Å². The largest absolute Gasteiger partial charge is 0.349 e. The number of aryl methyl sites for hydroxylation is 1. The van der Waals surface area contributed by atoms with Gasteiger partial charge in [0, 0.05) is 24.0 Å². The lowest BCUT2D eigenvalue weighted by Crippen LogP contribution is -2.44. The Morgan fingerprint density at radius 1 is 1.17 bits per heavy atom. The number of rotatable bonds is 7. The molecule has 0 bridgehead atoms. The van der Waals surface area contributed by atoms with Crippen LogP contribution in [-0.4, -0.2) is 31.7 Å². The number of nitrogens with one attached hydrogen (secondary N) is 1. The fourth-order valence-electron chi connectivity index (χ4n) is 3.83. The Hall–Kier alpha value is -1.89. The first-order chi connectivity index (χ1) is 14.3. The van der Waals surface area contributed by atoms with E-state index < -0.39 is 10.0 Å². The average Bonchev–Trinajstić information content (AvgIpc) is 2.72. The van der Waals surface area contributed by atoms with Crippen LogP contribution in [0.3, 0.4) is 0 Å². The molecule has 0 unspecified atom stereocenters. The van der Waals surface area contributed by atoms with Gasteiger partial charge in [-0.1, -0.05) is 60.5 Å². The van der Waals surface area contributed by atoms with Crippen molar-refractivity contribution in [1.82, 2.24) is 9.62 Å². The summed E-state index contributed by atoms with van der Waals surface area (Å²) in [6.45, 7) is 4.82. The maximum absolute atomic E-state index is 12.8. The van der Waals surface area contributed by atoms with Crippen molar-refractivity contribution in [3.05, 3.63) is 70.2 Å². The van der Waals surface area contributed by atoms with Gasteiger partial charge in [-0.15, -0.1) is 0 Å². The summed E-state index contributed by atoms with van der Waals surface area (Å²) in [5.41, 5.74) is 2.95. The van der Waals surface area contributed by atoms with Crippen molar-refractivity contribution in [1.29, 1.82) is 0 Å². The molecule has 1 atom stereocenters. The van der Waals surface area contributed by atoms with Crippen LogP contribution in [0.15, 0.2) is 48.5 Å². The van der Waals surface area contributed by atoms with Crippen LogP contribution in [0.25, 0.3) is 0 Å². The Labute approximate surface area is 184 Å². The lowest BCUT2D eigenvalue weighted by molar-refractivity contribution is -0.126. The van der Waals surface area contributed by atoms with Crippen LogP contribution >= 0.6 is 11.6 Å². The molecule has 162 valence electrons. The molecule has 1 fully saturated rings. The van der Waals surface area contributed by atoms with Gasteiger partial charge in [-0.2, -0.15) is 0 Å². The standard InChI is InChI=1S/C23H29ClN2O3S/c1-3-22(19-9-7-17(2)8-10-19)25-23(27)20-11-13-26(14-12-20)30(28,29)16-18-5-4-6-21(24)15-18/h4-10,15,20,22H,3,11-14,16H2,1-2H3,(H,25,27)/t22-/m1/s1. The van der Waals surface area contributed by atoms with E-state index in [0.29, 0.717) is 36.5 Å². The zero-order valence-corrected chi connectivity index (χ0v) is 19.0. The predicted molar refractivity (Wildman–Crippen MR) is 121 cm³/mol. The van der Waals surface area contributed by atoms with E-state index in [1.807, 2.05) is 19.1 Å². The van der Waals surface area contributed by atoms with Crippen molar-refractivity contribution < 1.29 is 13.2 Å². The van der Waals surface area contributed by atoms with Crippen LogP contribution in [0.4, 0.5) is 0 Å². The number of hydrogen-bond acceptors (Lipinski definition) is 3. The number of halogens is 1. The summed E-state index contributed by atoms with van der Waals surface area (Å²) in [6.07, 6.45) is 1.87. The van der Waals surface area contributed by atoms with E-state index in [1.165, 1.54) is 9.87 Å². The summed E-state index contributed by atoms with van der Waals surface area (Å²) in [7, 11) is -3.43. The summed E-state index contributed by atoms with van der Waals surface area (Å²) >= 11 is 5.97. The Morgan fingerprint density at radius 2 is 1.83 bits per heavy atom. The summed E-state index contributed by atoms with van der Waals surface area (Å²) in [5.74, 6) is -0.230. The van der Waals surface area contributed by atoms with Gasteiger partial charge in [0.05, 0.1) is 11.8 Å². The van der Waals surface area contributed by atoms with Crippen molar-refractivity contribution >= 4 is 27.5 Å². The summed E-state index contributed by atoms with van der Waals surface area (Å²) in [5, 5.41) is 3.68. The highest BCUT2D eigenvalue weighted by atomic mass is 35.5. The molecular weight excluding hydrogens is 420 g/mol. The van der Waals surface area contributed by atoms with Crippen LogP contribution in [0, 0.1) is 12.8 Å². The molecule has 0 aliphatic carbocycles. The van der Waals surface area contributed by atoms with Crippen LogP contribution in [0.2, 0.25) is 5.02 Å². The molecule has 1 aliphatic rings. The molecular formula is C23H29ClN2O3S. The minimum Gasteiger partial charge on any atom is -0.349 e. The second-order valence-electron chi connectivity index (χ2n) is 7.94. The lowest BCUT2D eigenvalue weighted by atomic mass is 9.95. The zero-order chi connectivity index (χ0) is 21.7. The third-order valence-electron chi connectivity index (χ3n) is 5.66. The normalized spacial score (nSPS) is 16.9. The maximum Gasteiger partial charge on any atom is 0.223 e. The molecule has 30 heavy (non-hydrogen) atoms. The number of benzene rings is 2. The molecule has 0 aromatic heterocycles. The highest BCUT2D eigenvalue weighted by molar-refractivity contribution is 7.88. The smallest absolute Gasteiger partial charge is 0.223 e. The van der Waals surface area contributed by atoms with Gasteiger partial charge in [0.1, 0.15) is 0 Å². The molecule has 3 rings (SSSR count). The molecule has 1 amide bonds. The minimum absolute atomic E-state index is 0.00862. The van der Waals surface area contributed by atoms with Crippen molar-refractivity contribution in [2.24, 2.45) is 5.92 Å². The number of sulfonamides is 1. The Kier molecular flexibility index (Phi) is 7.55. The second-order valence-corrected chi connectivity index (χ2v) is 10.3. The topological polar surface area (TPSA) is 66.5 Å². The summed E-state index contributed by atoms with van der Waals surface area (Å²) in [6, 6.07) is 15.1. The third-order valence-corrected chi connectivity index (χ3v) is 7.75. The van der Waals surface area contributed by atoms with E-state index >= 15 is 0 Å². The fraction of sp³-hybridized carbons (Fsp3) is 0.435. The van der Waals surface area contributed by atoms with Gasteiger partial charge < -0.3 is 5.32 Å². The number of amides is 1. The van der Waals surface area contributed by atoms with Crippen molar-refractivity contribution in [2.45, 2.75) is 44.9 Å². The van der Waals surface area contributed by atoms with E-state index in [4.69, 9.17) is 11.6 Å². The molecule has 7 heteroatoms. The number of carbonyl (C=O) groups is 1. The average molecular weight is 449 g/mol. The van der Waals surface area contributed by atoms with Crippen LogP contribution in [-0.2, 0) is 20.6 Å². The predicted octanol–water partition coefficient (Wildman–Crippen LogP) is 4.46. The second kappa shape index (κ2) is 9.94. The van der Waals surface area contributed by atoms with Gasteiger partial charge in [0.15, 0.2) is 0 Å². The molecule has 0 radical (unpaired) electrons. The van der Waals surface area contributed by atoms with Crippen LogP contribution < -0.4 is 5.32 Å². The van der Waals surface area contributed by atoms with E-state index in [-0.39, 0.29) is 23.6 Å². The highest BCUT2D eigenvalue weighted by Gasteiger charge is 2.31. The first-order valence-electron chi connectivity index (χ1n) is 10.4. The van der Waals surface area contributed by atoms with Gasteiger partial charge in [-0.05, 0) is 49.4 Å². The third kappa shape index (κ3) is 5.84. The van der Waals surface area contributed by atoms with Gasteiger partial charge in [-0.3, -0.25) is 4.79 Å². The first-order valence-corrected chi connectivity index (χ1v) is 12.4. The molecule has 2 aromatic rings. The molecule has 2 aromatic carbocycles. The van der Waals surface area contributed by atoms with Crippen molar-refractivity contribution in [3.63, 3.8) is 0 Å². The Bertz CT molecular complexity index is 968. The summed E-state index contributed by atoms with van der Waals surface area (Å²) in [4.78, 5) is 12.8. The van der Waals surface area contributed by atoms with Gasteiger partial charge in [-0.25, -0.2) is 12.7 Å². The molecule has 5 nitrogen and oxygen atoms in total. The SMILES string of the molecule is CC[C@@H](NC(=O)C1CCN(S(=O)(=O)Cc2cccc(Cl)c2)CC1)c1ccc(C)cc1. The van der Waals surface area contributed by atoms with Crippen LogP contribution in [0.5, 0.6) is 0 Å². The van der Waals surface area contributed by atoms with Gasteiger partial charge in [0.2, 0.25) is 15.9 Å². The number of hydrogen-bond donors (Lipinski definition) is 1. The summed E-state index contributed by atoms with van der Waals surface area (Å²) < 4.78 is 27.0. The number of piperidine rings is 1. The number of nitrogens with zero attached hydrogens (tertiary/aromatic N) is 1. The molecule has 1 saturated heterocycles. The van der Waals surface area contributed by atoms with E-state index in [2.05, 4.69) is 24.4 Å². The zero-order valence-electron chi connectivity index (χ0n) is 17.5. The molecule has 1 heterocycles. The Balaban J connectivity index is 1.56. The van der Waals surface area contributed by atoms with E-state index in [0.717, 1.165) is 12.0 Å².